The highest BCUT2D eigenvalue weighted by Crippen LogP contribution is 2.34. The molecule has 23 heavy (non-hydrogen) atoms. The molecule has 2 rings (SSSR count). The first-order valence-corrected chi connectivity index (χ1v) is 6.71. The highest BCUT2D eigenvalue weighted by Gasteiger charge is 2.33. The van der Waals surface area contributed by atoms with Gasteiger partial charge in [0.05, 0.1) is 5.56 Å². The zero-order chi connectivity index (χ0) is 17.2. The Morgan fingerprint density at radius 1 is 1.26 bits per heavy atom. The van der Waals surface area contributed by atoms with Gasteiger partial charge in [-0.15, -0.1) is 0 Å². The number of anilines is 1. The van der Waals surface area contributed by atoms with Crippen LogP contribution in [0.1, 0.15) is 28.8 Å². The fourth-order valence-corrected chi connectivity index (χ4v) is 2.24. The molecule has 0 aromatic heterocycles. The molecule has 1 aliphatic rings. The zero-order valence-corrected chi connectivity index (χ0v) is 11.8. The number of amides is 2. The molecule has 1 aromatic carbocycles. The highest BCUT2D eigenvalue weighted by atomic mass is 19.4. The van der Waals surface area contributed by atoms with E-state index in [2.05, 4.69) is 0 Å². The van der Waals surface area contributed by atoms with E-state index in [9.17, 15) is 27.6 Å². The van der Waals surface area contributed by atoms with Crippen LogP contribution in [0.5, 0.6) is 0 Å². The maximum Gasteiger partial charge on any atom is 0.416 e. The van der Waals surface area contributed by atoms with Gasteiger partial charge < -0.3 is 15.3 Å². The van der Waals surface area contributed by atoms with Gasteiger partial charge in [-0.3, -0.25) is 14.4 Å². The van der Waals surface area contributed by atoms with E-state index in [0.29, 0.717) is 12.5 Å². The van der Waals surface area contributed by atoms with Crippen LogP contribution >= 0.6 is 0 Å². The first-order chi connectivity index (χ1) is 10.7. The topological polar surface area (TPSA) is 86.7 Å². The van der Waals surface area contributed by atoms with Crippen molar-refractivity contribution in [3.05, 3.63) is 29.3 Å². The van der Waals surface area contributed by atoms with Gasteiger partial charge in [0, 0.05) is 24.2 Å². The lowest BCUT2D eigenvalue weighted by Crippen LogP contribution is -2.30. The number of rotatable bonds is 4. The van der Waals surface area contributed by atoms with Crippen LogP contribution in [0.25, 0.3) is 0 Å². The molecule has 0 bridgehead atoms. The molecule has 2 amide bonds. The lowest BCUT2D eigenvalue weighted by Gasteiger charge is -2.19. The molecule has 0 spiro atoms. The average molecular weight is 330 g/mol. The quantitative estimate of drug-likeness (QED) is 0.879. The molecule has 1 aromatic rings. The summed E-state index contributed by atoms with van der Waals surface area (Å²) in [7, 11) is 0. The van der Waals surface area contributed by atoms with E-state index >= 15 is 0 Å². The first-order valence-electron chi connectivity index (χ1n) is 6.71. The average Bonchev–Trinajstić information content (AvgIpc) is 2.89. The minimum atomic E-state index is -4.69. The number of carbonyl (C=O) groups excluding carboxylic acids is 2. The van der Waals surface area contributed by atoms with Gasteiger partial charge in [0.2, 0.25) is 5.91 Å². The van der Waals surface area contributed by atoms with E-state index in [1.165, 1.54) is 4.90 Å². The number of alkyl halides is 3. The number of carboxylic acid groups (broad SMARTS) is 1. The molecule has 1 fully saturated rings. The van der Waals surface area contributed by atoms with Crippen LogP contribution in [-0.4, -0.2) is 36.0 Å². The summed E-state index contributed by atoms with van der Waals surface area (Å²) in [6.45, 7) is -0.441. The maximum atomic E-state index is 13.0. The molecule has 124 valence electrons. The highest BCUT2D eigenvalue weighted by molar-refractivity contribution is 6.00. The third-order valence-electron chi connectivity index (χ3n) is 3.29. The van der Waals surface area contributed by atoms with Gasteiger partial charge in [0.1, 0.15) is 6.54 Å². The van der Waals surface area contributed by atoms with Gasteiger partial charge in [-0.25, -0.2) is 0 Å². The van der Waals surface area contributed by atoms with E-state index < -0.39 is 30.2 Å². The Bertz CT molecular complexity index is 658. The number of nitrogens with one attached hydrogen (secondary N) is 1. The summed E-state index contributed by atoms with van der Waals surface area (Å²) in [6.07, 6.45) is -3.94. The van der Waals surface area contributed by atoms with E-state index in [4.69, 9.17) is 5.11 Å². The van der Waals surface area contributed by atoms with Crippen LogP contribution in [0.2, 0.25) is 0 Å². The van der Waals surface area contributed by atoms with Crippen molar-refractivity contribution in [2.75, 3.05) is 18.0 Å². The zero-order valence-electron chi connectivity index (χ0n) is 11.8. The van der Waals surface area contributed by atoms with Crippen molar-refractivity contribution in [3.8, 4) is 0 Å². The van der Waals surface area contributed by atoms with Gasteiger partial charge in [-0.1, -0.05) is 0 Å². The van der Waals surface area contributed by atoms with Crippen LogP contribution in [-0.2, 0) is 15.8 Å². The molecule has 0 aliphatic carbocycles. The van der Waals surface area contributed by atoms with Gasteiger partial charge in [0.25, 0.3) is 5.91 Å². The summed E-state index contributed by atoms with van der Waals surface area (Å²) in [5.41, 5.74) is -1.45. The third kappa shape index (κ3) is 3.99. The molecule has 0 radical (unpaired) electrons. The van der Waals surface area contributed by atoms with Crippen molar-refractivity contribution in [3.63, 3.8) is 0 Å². The summed E-state index contributed by atoms with van der Waals surface area (Å²) < 4.78 is 38.9. The molecular formula is C14H13F3N2O4. The summed E-state index contributed by atoms with van der Waals surface area (Å²) in [5, 5.41) is 10.5. The standard InChI is InChI=1S/C14H13F3N2O4/c15-14(16,17)9-4-8(13(23)18-7-12(21)22)5-10(6-9)19-3-1-2-11(19)20/h4-6H,1-3,7H2,(H,18,23)(H,21,22). The summed E-state index contributed by atoms with van der Waals surface area (Å²) in [4.78, 5) is 35.1. The Balaban J connectivity index is 2.39. The molecule has 0 saturated carbocycles. The number of hydrogen-bond donors (Lipinski definition) is 2. The molecule has 9 heteroatoms. The lowest BCUT2D eigenvalue weighted by molar-refractivity contribution is -0.138. The predicted molar refractivity (Wildman–Crippen MR) is 73.0 cm³/mol. The van der Waals surface area contributed by atoms with Crippen molar-refractivity contribution >= 4 is 23.5 Å². The van der Waals surface area contributed by atoms with Gasteiger partial charge in [-0.2, -0.15) is 13.2 Å². The fraction of sp³-hybridized carbons (Fsp3) is 0.357. The normalized spacial score (nSPS) is 14.9. The Hall–Kier alpha value is -2.58. The van der Waals surface area contributed by atoms with Crippen LogP contribution in [0.4, 0.5) is 18.9 Å². The number of hydrogen-bond acceptors (Lipinski definition) is 3. The van der Waals surface area contributed by atoms with Crippen LogP contribution in [0, 0.1) is 0 Å². The third-order valence-corrected chi connectivity index (χ3v) is 3.29. The number of aliphatic carboxylic acids is 1. The summed E-state index contributed by atoms with van der Waals surface area (Å²) in [6, 6.07) is 2.58. The second-order valence-electron chi connectivity index (χ2n) is 4.99. The van der Waals surface area contributed by atoms with Crippen molar-refractivity contribution in [1.82, 2.24) is 5.32 Å². The molecular weight excluding hydrogens is 317 g/mol. The Labute approximate surface area is 128 Å². The molecule has 1 saturated heterocycles. The lowest BCUT2D eigenvalue weighted by atomic mass is 10.1. The van der Waals surface area contributed by atoms with Gasteiger partial charge >= 0.3 is 12.1 Å². The molecule has 1 aliphatic heterocycles. The number of halogens is 3. The number of carboxylic acids is 1. The Kier molecular flexibility index (Phi) is 4.57. The van der Waals surface area contributed by atoms with E-state index in [-0.39, 0.29) is 30.1 Å². The van der Waals surface area contributed by atoms with Crippen LogP contribution in [0.15, 0.2) is 18.2 Å². The van der Waals surface area contributed by atoms with Gasteiger partial charge in [-0.05, 0) is 24.6 Å². The van der Waals surface area contributed by atoms with Gasteiger partial charge in [0.15, 0.2) is 0 Å². The Morgan fingerprint density at radius 2 is 1.96 bits per heavy atom. The molecule has 1 heterocycles. The van der Waals surface area contributed by atoms with Crippen molar-refractivity contribution in [1.29, 1.82) is 0 Å². The smallest absolute Gasteiger partial charge is 0.416 e. The maximum absolute atomic E-state index is 13.0. The fourth-order valence-electron chi connectivity index (χ4n) is 2.24. The molecule has 6 nitrogen and oxygen atoms in total. The predicted octanol–water partition coefficient (Wildman–Crippen LogP) is 1.65. The second kappa shape index (κ2) is 6.27. The summed E-state index contributed by atoms with van der Waals surface area (Å²) in [5.74, 6) is -2.59. The monoisotopic (exact) mass is 330 g/mol. The van der Waals surface area contributed by atoms with E-state index in [1.54, 1.807) is 0 Å². The summed E-state index contributed by atoms with van der Waals surface area (Å²) >= 11 is 0. The van der Waals surface area contributed by atoms with Crippen molar-refractivity contribution < 1.29 is 32.7 Å². The van der Waals surface area contributed by atoms with Crippen LogP contribution < -0.4 is 10.2 Å². The van der Waals surface area contributed by atoms with Crippen molar-refractivity contribution in [2.45, 2.75) is 19.0 Å². The molecule has 2 N–H and O–H groups in total. The molecule has 0 unspecified atom stereocenters. The largest absolute Gasteiger partial charge is 0.480 e. The number of nitrogens with zero attached hydrogens (tertiary/aromatic N) is 1. The van der Waals surface area contributed by atoms with Crippen LogP contribution in [0.3, 0.4) is 0 Å². The second-order valence-corrected chi connectivity index (χ2v) is 4.99. The van der Waals surface area contributed by atoms with E-state index in [1.807, 2.05) is 5.32 Å². The van der Waals surface area contributed by atoms with Crippen molar-refractivity contribution in [2.24, 2.45) is 0 Å². The van der Waals surface area contributed by atoms with E-state index in [0.717, 1.165) is 12.1 Å². The minimum Gasteiger partial charge on any atom is -0.480 e. The number of benzene rings is 1. The minimum absolute atomic E-state index is 0.0252. The Morgan fingerprint density at radius 3 is 2.48 bits per heavy atom. The number of carbonyl (C=O) groups is 3. The SMILES string of the molecule is O=C(O)CNC(=O)c1cc(N2CCCC2=O)cc(C(F)(F)F)c1. The first kappa shape index (κ1) is 16.8. The molecule has 0 atom stereocenters.